The Hall–Kier alpha value is -1.61. The molecule has 3 heteroatoms. The summed E-state index contributed by atoms with van der Waals surface area (Å²) in [6.07, 6.45) is 6.33. The summed E-state index contributed by atoms with van der Waals surface area (Å²) in [7, 11) is 0. The quantitative estimate of drug-likeness (QED) is 0.721. The molecule has 2 N–H and O–H groups in total. The molecule has 0 aliphatic carbocycles. The monoisotopic (exact) mass is 286 g/mol. The molecule has 0 spiro atoms. The van der Waals surface area contributed by atoms with E-state index in [0.29, 0.717) is 12.6 Å². The second-order valence-corrected chi connectivity index (χ2v) is 5.84. The van der Waals surface area contributed by atoms with E-state index in [2.05, 4.69) is 24.1 Å². The van der Waals surface area contributed by atoms with Crippen molar-refractivity contribution in [3.63, 3.8) is 0 Å². The van der Waals surface area contributed by atoms with Crippen LogP contribution < -0.4 is 10.9 Å². The van der Waals surface area contributed by atoms with Crippen LogP contribution in [0.3, 0.4) is 0 Å². The van der Waals surface area contributed by atoms with E-state index in [1.807, 2.05) is 30.3 Å². The molecule has 0 aliphatic heterocycles. The van der Waals surface area contributed by atoms with E-state index in [1.165, 1.54) is 32.1 Å². The molecule has 1 aromatic heterocycles. The highest BCUT2D eigenvalue weighted by atomic mass is 16.1. The fourth-order valence-corrected chi connectivity index (χ4v) is 2.59. The first-order valence-corrected chi connectivity index (χ1v) is 8.05. The highest BCUT2D eigenvalue weighted by Gasteiger charge is 2.05. The van der Waals surface area contributed by atoms with Crippen molar-refractivity contribution in [3.05, 3.63) is 46.2 Å². The Morgan fingerprint density at radius 1 is 1.19 bits per heavy atom. The van der Waals surface area contributed by atoms with Gasteiger partial charge in [-0.05, 0) is 30.9 Å². The Kier molecular flexibility index (Phi) is 6.00. The number of benzene rings is 1. The highest BCUT2D eigenvalue weighted by molar-refractivity contribution is 5.78. The lowest BCUT2D eigenvalue weighted by molar-refractivity contribution is 0.482. The number of nitrogens with one attached hydrogen (secondary N) is 2. The lowest BCUT2D eigenvalue weighted by atomic mass is 10.1. The standard InChI is InChI=1S/C18H26N2O/c1-3-4-5-6-9-14(2)19-13-16-12-15-10-7-8-11-17(15)20-18(16)21/h7-8,10-12,14,19H,3-6,9,13H2,1-2H3,(H,20,21). The number of hydrogen-bond donors (Lipinski definition) is 2. The number of fused-ring (bicyclic) bond motifs is 1. The molecule has 0 amide bonds. The summed E-state index contributed by atoms with van der Waals surface area (Å²) in [5.41, 5.74) is 1.73. The second-order valence-electron chi connectivity index (χ2n) is 5.84. The average Bonchev–Trinajstić information content (AvgIpc) is 2.49. The van der Waals surface area contributed by atoms with Crippen molar-refractivity contribution >= 4 is 10.9 Å². The van der Waals surface area contributed by atoms with E-state index in [0.717, 1.165) is 16.5 Å². The van der Waals surface area contributed by atoms with Crippen LogP contribution in [0.1, 0.15) is 51.5 Å². The molecule has 2 aromatic rings. The number of para-hydroxylation sites is 1. The van der Waals surface area contributed by atoms with Gasteiger partial charge >= 0.3 is 0 Å². The molecule has 3 nitrogen and oxygen atoms in total. The second kappa shape index (κ2) is 7.99. The van der Waals surface area contributed by atoms with Crippen molar-refractivity contribution in [2.75, 3.05) is 0 Å². The molecule has 0 saturated heterocycles. The van der Waals surface area contributed by atoms with Crippen molar-refractivity contribution < 1.29 is 0 Å². The fourth-order valence-electron chi connectivity index (χ4n) is 2.59. The molecule has 0 bridgehead atoms. The van der Waals surface area contributed by atoms with Crippen LogP contribution in [-0.4, -0.2) is 11.0 Å². The van der Waals surface area contributed by atoms with Crippen LogP contribution in [0.25, 0.3) is 10.9 Å². The Bertz CT molecular complexity index is 618. The van der Waals surface area contributed by atoms with Gasteiger partial charge in [-0.25, -0.2) is 0 Å². The SMILES string of the molecule is CCCCCCC(C)NCc1cc2ccccc2[nH]c1=O. The van der Waals surface area contributed by atoms with Gasteiger partial charge < -0.3 is 10.3 Å². The van der Waals surface area contributed by atoms with Gasteiger partial charge in [-0.1, -0.05) is 50.8 Å². The van der Waals surface area contributed by atoms with E-state index in [4.69, 9.17) is 0 Å². The largest absolute Gasteiger partial charge is 0.322 e. The minimum atomic E-state index is 0.0133. The van der Waals surface area contributed by atoms with E-state index >= 15 is 0 Å². The van der Waals surface area contributed by atoms with Gasteiger partial charge in [-0.3, -0.25) is 4.79 Å². The maximum absolute atomic E-state index is 12.0. The normalized spacial score (nSPS) is 12.7. The maximum atomic E-state index is 12.0. The van der Waals surface area contributed by atoms with Crippen LogP contribution in [0.15, 0.2) is 35.1 Å². The molecule has 0 aliphatic rings. The number of unbranched alkanes of at least 4 members (excludes halogenated alkanes) is 3. The highest BCUT2D eigenvalue weighted by Crippen LogP contribution is 2.10. The van der Waals surface area contributed by atoms with Crippen LogP contribution in [0, 0.1) is 0 Å². The van der Waals surface area contributed by atoms with Crippen LogP contribution >= 0.6 is 0 Å². The van der Waals surface area contributed by atoms with Crippen LogP contribution in [0.4, 0.5) is 0 Å². The molecule has 0 saturated carbocycles. The van der Waals surface area contributed by atoms with Crippen LogP contribution in [0.5, 0.6) is 0 Å². The zero-order chi connectivity index (χ0) is 15.1. The maximum Gasteiger partial charge on any atom is 0.252 e. The zero-order valence-corrected chi connectivity index (χ0v) is 13.1. The topological polar surface area (TPSA) is 44.9 Å². The lowest BCUT2D eigenvalue weighted by Crippen LogP contribution is -2.28. The first kappa shape index (κ1) is 15.8. The number of pyridine rings is 1. The Morgan fingerprint density at radius 3 is 2.81 bits per heavy atom. The van der Waals surface area contributed by atoms with E-state index in [9.17, 15) is 4.79 Å². The Morgan fingerprint density at radius 2 is 2.00 bits per heavy atom. The zero-order valence-electron chi connectivity index (χ0n) is 13.1. The molecule has 1 atom stereocenters. The minimum Gasteiger partial charge on any atom is -0.322 e. The van der Waals surface area contributed by atoms with Crippen molar-refractivity contribution in [1.29, 1.82) is 0 Å². The third-order valence-corrected chi connectivity index (χ3v) is 3.96. The molecule has 1 unspecified atom stereocenters. The summed E-state index contributed by atoms with van der Waals surface area (Å²) in [6.45, 7) is 5.06. The molecule has 21 heavy (non-hydrogen) atoms. The van der Waals surface area contributed by atoms with Crippen molar-refractivity contribution in [2.45, 2.75) is 58.5 Å². The van der Waals surface area contributed by atoms with Crippen LogP contribution in [-0.2, 0) is 6.54 Å². The number of rotatable bonds is 8. The van der Waals surface area contributed by atoms with Gasteiger partial charge in [0, 0.05) is 23.7 Å². The van der Waals surface area contributed by atoms with Gasteiger partial charge in [0.15, 0.2) is 0 Å². The minimum absolute atomic E-state index is 0.0133. The lowest BCUT2D eigenvalue weighted by Gasteiger charge is -2.13. The van der Waals surface area contributed by atoms with E-state index < -0.39 is 0 Å². The summed E-state index contributed by atoms with van der Waals surface area (Å²) in [5, 5.41) is 4.55. The number of aromatic amines is 1. The first-order valence-electron chi connectivity index (χ1n) is 8.05. The molecular weight excluding hydrogens is 260 g/mol. The summed E-state index contributed by atoms with van der Waals surface area (Å²) in [4.78, 5) is 15.0. The molecule has 1 heterocycles. The van der Waals surface area contributed by atoms with Gasteiger partial charge in [0.05, 0.1) is 0 Å². The fraction of sp³-hybridized carbons (Fsp3) is 0.500. The van der Waals surface area contributed by atoms with Gasteiger partial charge in [0.25, 0.3) is 5.56 Å². The molecule has 0 radical (unpaired) electrons. The summed E-state index contributed by atoms with van der Waals surface area (Å²) < 4.78 is 0. The summed E-state index contributed by atoms with van der Waals surface area (Å²) in [6, 6.07) is 10.3. The van der Waals surface area contributed by atoms with Crippen LogP contribution in [0.2, 0.25) is 0 Å². The summed E-state index contributed by atoms with van der Waals surface area (Å²) >= 11 is 0. The first-order chi connectivity index (χ1) is 10.2. The van der Waals surface area contributed by atoms with Crippen molar-refractivity contribution in [2.24, 2.45) is 0 Å². The van der Waals surface area contributed by atoms with E-state index in [-0.39, 0.29) is 5.56 Å². The molecule has 0 fully saturated rings. The van der Waals surface area contributed by atoms with Gasteiger partial charge in [0.2, 0.25) is 0 Å². The predicted molar refractivity (Wildman–Crippen MR) is 89.6 cm³/mol. The third-order valence-electron chi connectivity index (χ3n) is 3.96. The third kappa shape index (κ3) is 4.71. The molecule has 1 aromatic carbocycles. The Balaban J connectivity index is 1.91. The molecular formula is C18H26N2O. The number of aromatic nitrogens is 1. The predicted octanol–water partition coefficient (Wildman–Crippen LogP) is 3.98. The van der Waals surface area contributed by atoms with Crippen molar-refractivity contribution in [1.82, 2.24) is 10.3 Å². The molecule has 114 valence electrons. The van der Waals surface area contributed by atoms with Crippen molar-refractivity contribution in [3.8, 4) is 0 Å². The number of hydrogen-bond acceptors (Lipinski definition) is 2. The number of H-pyrrole nitrogens is 1. The Labute approximate surface area is 126 Å². The van der Waals surface area contributed by atoms with Gasteiger partial charge in [0.1, 0.15) is 0 Å². The van der Waals surface area contributed by atoms with Gasteiger partial charge in [-0.2, -0.15) is 0 Å². The smallest absolute Gasteiger partial charge is 0.252 e. The average molecular weight is 286 g/mol. The molecule has 2 rings (SSSR count). The van der Waals surface area contributed by atoms with Gasteiger partial charge in [-0.15, -0.1) is 0 Å². The summed E-state index contributed by atoms with van der Waals surface area (Å²) in [5.74, 6) is 0. The van der Waals surface area contributed by atoms with E-state index in [1.54, 1.807) is 0 Å².